The second-order valence-corrected chi connectivity index (χ2v) is 8.11. The van der Waals surface area contributed by atoms with Gasteiger partial charge in [-0.1, -0.05) is 42.5 Å². The highest BCUT2D eigenvalue weighted by atomic mass is 16.2. The van der Waals surface area contributed by atoms with Crippen molar-refractivity contribution in [1.29, 1.82) is 0 Å². The average Bonchev–Trinajstić information content (AvgIpc) is 3.03. The Balaban J connectivity index is 1.32. The summed E-state index contributed by atoms with van der Waals surface area (Å²) in [6.45, 7) is 5.00. The van der Waals surface area contributed by atoms with Crippen LogP contribution in [-0.2, 0) is 10.3 Å². The highest BCUT2D eigenvalue weighted by Gasteiger charge is 2.50. The maximum atomic E-state index is 13.4. The Morgan fingerprint density at radius 2 is 1.65 bits per heavy atom. The van der Waals surface area contributed by atoms with Crippen molar-refractivity contribution in [3.05, 3.63) is 66.5 Å². The summed E-state index contributed by atoms with van der Waals surface area (Å²) >= 11 is 0. The number of anilines is 1. The van der Waals surface area contributed by atoms with Crippen LogP contribution < -0.4 is 10.2 Å². The molecule has 3 amide bonds. The lowest BCUT2D eigenvalue weighted by Gasteiger charge is -2.36. The van der Waals surface area contributed by atoms with Crippen molar-refractivity contribution in [2.75, 3.05) is 37.7 Å². The lowest BCUT2D eigenvalue weighted by molar-refractivity contribution is -0.132. The standard InChI is InChI=1S/C23H24N6O2/c1-23(19-9-4-7-17-6-2-3-8-18(17)19)20(30)29(22(31)26-23)16-27-12-14-28(15-13-27)21-24-10-5-11-25-21/h2-11H,12-16H2,1H3,(H,26,31). The highest BCUT2D eigenvalue weighted by molar-refractivity contribution is 6.09. The Hall–Kier alpha value is -3.52. The van der Waals surface area contributed by atoms with Crippen LogP contribution in [0.25, 0.3) is 10.8 Å². The number of amides is 3. The van der Waals surface area contributed by atoms with Crippen LogP contribution in [0.3, 0.4) is 0 Å². The van der Waals surface area contributed by atoms with Crippen LogP contribution in [0.4, 0.5) is 10.7 Å². The molecule has 0 aliphatic carbocycles. The first-order valence-electron chi connectivity index (χ1n) is 10.4. The highest BCUT2D eigenvalue weighted by Crippen LogP contribution is 2.34. The van der Waals surface area contributed by atoms with Crippen molar-refractivity contribution in [3.8, 4) is 0 Å². The van der Waals surface area contributed by atoms with Crippen LogP contribution in [-0.4, -0.2) is 64.6 Å². The summed E-state index contributed by atoms with van der Waals surface area (Å²) in [5.41, 5.74) is -0.269. The van der Waals surface area contributed by atoms with Gasteiger partial charge in [-0.3, -0.25) is 9.69 Å². The summed E-state index contributed by atoms with van der Waals surface area (Å²) in [6, 6.07) is 15.2. The van der Waals surface area contributed by atoms with Crippen molar-refractivity contribution < 1.29 is 9.59 Å². The Morgan fingerprint density at radius 3 is 2.42 bits per heavy atom. The number of rotatable bonds is 4. The second kappa shape index (κ2) is 7.63. The largest absolute Gasteiger partial charge is 0.338 e. The molecule has 31 heavy (non-hydrogen) atoms. The first-order valence-corrected chi connectivity index (χ1v) is 10.4. The number of imide groups is 1. The molecule has 2 fully saturated rings. The molecular formula is C23H24N6O2. The maximum absolute atomic E-state index is 13.4. The van der Waals surface area contributed by atoms with Crippen molar-refractivity contribution in [3.63, 3.8) is 0 Å². The molecule has 2 saturated heterocycles. The number of hydrogen-bond donors (Lipinski definition) is 1. The minimum Gasteiger partial charge on any atom is -0.338 e. The van der Waals surface area contributed by atoms with E-state index in [9.17, 15) is 9.59 Å². The maximum Gasteiger partial charge on any atom is 0.326 e. The summed E-state index contributed by atoms with van der Waals surface area (Å²) in [5.74, 6) is 0.489. The SMILES string of the molecule is CC1(c2cccc3ccccc23)NC(=O)N(CN2CCN(c3ncccn3)CC2)C1=O. The molecule has 2 aliphatic rings. The first-order chi connectivity index (χ1) is 15.1. The Morgan fingerprint density at radius 1 is 0.935 bits per heavy atom. The molecule has 0 bridgehead atoms. The third-order valence-corrected chi connectivity index (χ3v) is 6.15. The summed E-state index contributed by atoms with van der Waals surface area (Å²) < 4.78 is 0. The van der Waals surface area contributed by atoms with Gasteiger partial charge in [-0.25, -0.2) is 19.7 Å². The predicted molar refractivity (Wildman–Crippen MR) is 117 cm³/mol. The van der Waals surface area contributed by atoms with E-state index in [1.54, 1.807) is 25.4 Å². The van der Waals surface area contributed by atoms with Crippen LogP contribution in [0.2, 0.25) is 0 Å². The van der Waals surface area contributed by atoms with E-state index < -0.39 is 5.54 Å². The summed E-state index contributed by atoms with van der Waals surface area (Å²) in [6.07, 6.45) is 3.46. The van der Waals surface area contributed by atoms with E-state index in [4.69, 9.17) is 0 Å². The number of benzene rings is 2. The van der Waals surface area contributed by atoms with E-state index in [1.807, 2.05) is 42.5 Å². The fourth-order valence-electron chi connectivity index (χ4n) is 4.41. The van der Waals surface area contributed by atoms with E-state index in [0.717, 1.165) is 42.5 Å². The zero-order valence-electron chi connectivity index (χ0n) is 17.4. The molecule has 1 atom stereocenters. The zero-order chi connectivity index (χ0) is 21.4. The minimum atomic E-state index is -1.09. The first kappa shape index (κ1) is 19.4. The third-order valence-electron chi connectivity index (χ3n) is 6.15. The smallest absolute Gasteiger partial charge is 0.326 e. The molecule has 8 nitrogen and oxygen atoms in total. The van der Waals surface area contributed by atoms with Crippen LogP contribution >= 0.6 is 0 Å². The van der Waals surface area contributed by atoms with Gasteiger partial charge in [0.1, 0.15) is 5.54 Å². The fraction of sp³-hybridized carbons (Fsp3) is 0.304. The van der Waals surface area contributed by atoms with Gasteiger partial charge in [0, 0.05) is 38.6 Å². The minimum absolute atomic E-state index is 0.220. The third kappa shape index (κ3) is 3.38. The molecule has 158 valence electrons. The molecular weight excluding hydrogens is 392 g/mol. The number of carbonyl (C=O) groups is 2. The number of nitrogens with zero attached hydrogens (tertiary/aromatic N) is 5. The summed E-state index contributed by atoms with van der Waals surface area (Å²) in [5, 5.41) is 4.96. The zero-order valence-corrected chi connectivity index (χ0v) is 17.4. The second-order valence-electron chi connectivity index (χ2n) is 8.11. The Kier molecular flexibility index (Phi) is 4.78. The van der Waals surface area contributed by atoms with E-state index >= 15 is 0 Å². The Bertz CT molecular complexity index is 1120. The molecule has 5 rings (SSSR count). The van der Waals surface area contributed by atoms with Gasteiger partial charge in [-0.15, -0.1) is 0 Å². The molecule has 1 unspecified atom stereocenters. The summed E-state index contributed by atoms with van der Waals surface area (Å²) in [4.78, 5) is 40.4. The van der Waals surface area contributed by atoms with Crippen LogP contribution in [0.1, 0.15) is 12.5 Å². The molecule has 0 radical (unpaired) electrons. The number of carbonyl (C=O) groups excluding carboxylic acids is 2. The number of fused-ring (bicyclic) bond motifs is 1. The number of urea groups is 1. The molecule has 3 heterocycles. The van der Waals surface area contributed by atoms with Crippen LogP contribution in [0.15, 0.2) is 60.9 Å². The molecule has 3 aromatic rings. The quantitative estimate of drug-likeness (QED) is 0.657. The lowest BCUT2D eigenvalue weighted by Crippen LogP contribution is -2.52. The predicted octanol–water partition coefficient (Wildman–Crippen LogP) is 2.18. The fourth-order valence-corrected chi connectivity index (χ4v) is 4.41. The van der Waals surface area contributed by atoms with Crippen molar-refractivity contribution in [2.24, 2.45) is 0 Å². The summed E-state index contributed by atoms with van der Waals surface area (Å²) in [7, 11) is 0. The van der Waals surface area contributed by atoms with E-state index in [2.05, 4.69) is 25.1 Å². The normalized spacial score (nSPS) is 22.2. The van der Waals surface area contributed by atoms with E-state index in [-0.39, 0.29) is 18.6 Å². The van der Waals surface area contributed by atoms with Gasteiger partial charge < -0.3 is 10.2 Å². The average molecular weight is 416 g/mol. The van der Waals surface area contributed by atoms with E-state index in [1.165, 1.54) is 4.90 Å². The monoisotopic (exact) mass is 416 g/mol. The van der Waals surface area contributed by atoms with Crippen LogP contribution in [0.5, 0.6) is 0 Å². The van der Waals surface area contributed by atoms with Gasteiger partial charge >= 0.3 is 6.03 Å². The lowest BCUT2D eigenvalue weighted by atomic mass is 9.88. The molecule has 2 aromatic carbocycles. The van der Waals surface area contributed by atoms with Gasteiger partial charge in [0.05, 0.1) is 6.67 Å². The molecule has 0 spiro atoms. The van der Waals surface area contributed by atoms with Gasteiger partial charge in [-0.2, -0.15) is 0 Å². The van der Waals surface area contributed by atoms with Gasteiger partial charge in [-0.05, 0) is 29.3 Å². The molecule has 0 saturated carbocycles. The van der Waals surface area contributed by atoms with E-state index in [0.29, 0.717) is 5.95 Å². The van der Waals surface area contributed by atoms with Gasteiger partial charge in [0.15, 0.2) is 0 Å². The van der Waals surface area contributed by atoms with Crippen molar-refractivity contribution in [2.45, 2.75) is 12.5 Å². The number of hydrogen-bond acceptors (Lipinski definition) is 6. The van der Waals surface area contributed by atoms with Gasteiger partial charge in [0.2, 0.25) is 5.95 Å². The van der Waals surface area contributed by atoms with Gasteiger partial charge in [0.25, 0.3) is 5.91 Å². The Labute approximate surface area is 180 Å². The van der Waals surface area contributed by atoms with Crippen LogP contribution in [0, 0.1) is 0 Å². The molecule has 1 aromatic heterocycles. The molecule has 2 aliphatic heterocycles. The topological polar surface area (TPSA) is 81.7 Å². The number of nitrogens with one attached hydrogen (secondary N) is 1. The van der Waals surface area contributed by atoms with Crippen molar-refractivity contribution >= 4 is 28.7 Å². The number of piperazine rings is 1. The van der Waals surface area contributed by atoms with Crippen molar-refractivity contribution in [1.82, 2.24) is 25.1 Å². The molecule has 8 heteroatoms. The number of aromatic nitrogens is 2. The molecule has 1 N–H and O–H groups in total.